The van der Waals surface area contributed by atoms with Crippen LogP contribution in [0.1, 0.15) is 58.1 Å². The highest BCUT2D eigenvalue weighted by molar-refractivity contribution is 5.31. The summed E-state index contributed by atoms with van der Waals surface area (Å²) in [6.07, 6.45) is 7.78. The Bertz CT molecular complexity index is 292. The van der Waals surface area contributed by atoms with E-state index >= 15 is 0 Å². The quantitative estimate of drug-likeness (QED) is 0.704. The second kappa shape index (κ2) is 11.0. The fraction of sp³-hybridized carbons (Fsp3) is 0.667. The first-order valence-corrected chi connectivity index (χ1v) is 7.37. The Morgan fingerprint density at radius 1 is 1.05 bits per heavy atom. The zero-order valence-corrected chi connectivity index (χ0v) is 12.2. The molecule has 1 aromatic rings. The average Bonchev–Trinajstić information content (AvgIpc) is 2.80. The molecule has 0 radical (unpaired) electrons. The average molecular weight is 264 g/mol. The van der Waals surface area contributed by atoms with Crippen LogP contribution >= 0.6 is 0 Å². The van der Waals surface area contributed by atoms with Gasteiger partial charge in [0.15, 0.2) is 0 Å². The number of rotatable bonds is 5. The molecule has 0 N–H and O–H groups in total. The minimum absolute atomic E-state index is 0. The van der Waals surface area contributed by atoms with Crippen LogP contribution in [0.3, 0.4) is 0 Å². The Hall–Kier alpha value is -0.820. The molecular formula is C18H32O. The predicted octanol–water partition coefficient (Wildman–Crippen LogP) is 5.27. The number of unbranched alkanes of at least 4 members (excludes halogenated alkanes) is 2. The van der Waals surface area contributed by atoms with Crippen molar-refractivity contribution in [2.24, 2.45) is 5.92 Å². The van der Waals surface area contributed by atoms with E-state index in [1.54, 1.807) is 18.2 Å². The van der Waals surface area contributed by atoms with Crippen molar-refractivity contribution in [2.45, 2.75) is 59.8 Å². The van der Waals surface area contributed by atoms with E-state index < -0.39 is 0 Å². The van der Waals surface area contributed by atoms with Crippen LogP contribution < -0.4 is 0 Å². The van der Waals surface area contributed by atoms with Crippen LogP contribution in [0.15, 0.2) is 24.3 Å². The Morgan fingerprint density at radius 2 is 1.58 bits per heavy atom. The molecule has 1 nitrogen and oxygen atoms in total. The number of hydrogen-bond donors (Lipinski definition) is 0. The third kappa shape index (κ3) is 6.77. The highest BCUT2D eigenvalue weighted by Gasteiger charge is 2.19. The molecule has 0 aliphatic heterocycles. The van der Waals surface area contributed by atoms with E-state index in [0.29, 0.717) is 0 Å². The van der Waals surface area contributed by atoms with Gasteiger partial charge in [-0.15, -0.1) is 0 Å². The van der Waals surface area contributed by atoms with E-state index in [-0.39, 0.29) is 7.43 Å². The normalized spacial score (nSPS) is 13.2. The summed E-state index contributed by atoms with van der Waals surface area (Å²) in [6, 6.07) is 8.78. The molecule has 0 fully saturated rings. The van der Waals surface area contributed by atoms with E-state index in [2.05, 4.69) is 38.1 Å². The molecule has 1 aliphatic rings. The van der Waals surface area contributed by atoms with Gasteiger partial charge in [0.05, 0.1) is 0 Å². The fourth-order valence-corrected chi connectivity index (χ4v) is 2.49. The SMILES string of the molecule is C.CCCCC.COCCC1Cc2ccccc2C1. The van der Waals surface area contributed by atoms with Crippen molar-refractivity contribution >= 4 is 0 Å². The zero-order chi connectivity index (χ0) is 13.2. The van der Waals surface area contributed by atoms with Gasteiger partial charge in [0.1, 0.15) is 0 Å². The third-order valence-corrected chi connectivity index (χ3v) is 3.57. The lowest BCUT2D eigenvalue weighted by Crippen LogP contribution is -2.03. The molecule has 2 rings (SSSR count). The molecule has 19 heavy (non-hydrogen) atoms. The van der Waals surface area contributed by atoms with Crippen molar-refractivity contribution in [3.63, 3.8) is 0 Å². The summed E-state index contributed by atoms with van der Waals surface area (Å²) in [5.74, 6) is 0.817. The molecular weight excluding hydrogens is 232 g/mol. The Labute approximate surface area is 120 Å². The van der Waals surface area contributed by atoms with Gasteiger partial charge in [-0.25, -0.2) is 0 Å². The van der Waals surface area contributed by atoms with Crippen LogP contribution in [0.4, 0.5) is 0 Å². The summed E-state index contributed by atoms with van der Waals surface area (Å²) in [7, 11) is 1.78. The third-order valence-electron chi connectivity index (χ3n) is 3.57. The van der Waals surface area contributed by atoms with E-state index in [9.17, 15) is 0 Å². The number of hydrogen-bond acceptors (Lipinski definition) is 1. The molecule has 0 amide bonds. The van der Waals surface area contributed by atoms with E-state index in [0.717, 1.165) is 12.5 Å². The van der Waals surface area contributed by atoms with E-state index in [4.69, 9.17) is 4.74 Å². The summed E-state index contributed by atoms with van der Waals surface area (Å²) < 4.78 is 5.10. The highest BCUT2D eigenvalue weighted by Crippen LogP contribution is 2.28. The zero-order valence-electron chi connectivity index (χ0n) is 12.2. The van der Waals surface area contributed by atoms with Gasteiger partial charge < -0.3 is 4.74 Å². The first kappa shape index (κ1) is 18.2. The summed E-state index contributed by atoms with van der Waals surface area (Å²) in [5, 5.41) is 0. The molecule has 110 valence electrons. The first-order valence-electron chi connectivity index (χ1n) is 7.37. The molecule has 1 aromatic carbocycles. The molecule has 0 saturated carbocycles. The maximum atomic E-state index is 5.10. The van der Waals surface area contributed by atoms with Gasteiger partial charge in [-0.1, -0.05) is 64.8 Å². The van der Waals surface area contributed by atoms with E-state index in [1.165, 1.54) is 38.5 Å². The maximum Gasteiger partial charge on any atom is 0.0465 e. The second-order valence-corrected chi connectivity index (χ2v) is 5.18. The first-order chi connectivity index (χ1) is 8.81. The largest absolute Gasteiger partial charge is 0.385 e. The van der Waals surface area contributed by atoms with Crippen LogP contribution in [-0.2, 0) is 17.6 Å². The number of ether oxygens (including phenoxy) is 1. The van der Waals surface area contributed by atoms with Crippen molar-refractivity contribution < 1.29 is 4.74 Å². The summed E-state index contributed by atoms with van der Waals surface area (Å²) >= 11 is 0. The Kier molecular flexibility index (Phi) is 10.6. The monoisotopic (exact) mass is 264 g/mol. The van der Waals surface area contributed by atoms with Crippen molar-refractivity contribution in [3.05, 3.63) is 35.4 Å². The Balaban J connectivity index is 0.000000471. The second-order valence-electron chi connectivity index (χ2n) is 5.18. The fourth-order valence-electron chi connectivity index (χ4n) is 2.49. The lowest BCUT2D eigenvalue weighted by Gasteiger charge is -2.06. The van der Waals surface area contributed by atoms with Gasteiger partial charge in [-0.2, -0.15) is 0 Å². The number of fused-ring (bicyclic) bond motifs is 1. The van der Waals surface area contributed by atoms with Crippen molar-refractivity contribution in [2.75, 3.05) is 13.7 Å². The summed E-state index contributed by atoms with van der Waals surface area (Å²) in [6.45, 7) is 5.33. The number of benzene rings is 1. The molecule has 1 aliphatic carbocycles. The maximum absolute atomic E-state index is 5.10. The lowest BCUT2D eigenvalue weighted by atomic mass is 10.0. The predicted molar refractivity (Wildman–Crippen MR) is 85.8 cm³/mol. The highest BCUT2D eigenvalue weighted by atomic mass is 16.5. The van der Waals surface area contributed by atoms with Gasteiger partial charge in [0, 0.05) is 13.7 Å². The standard InChI is InChI=1S/C12H16O.C5H12.CH4/c1-13-7-6-10-8-11-4-2-3-5-12(11)9-10;1-3-5-4-2;/h2-5,10H,6-9H2,1H3;3-5H2,1-2H3;1H4. The Morgan fingerprint density at radius 3 is 1.95 bits per heavy atom. The molecule has 0 atom stereocenters. The van der Waals surface area contributed by atoms with Crippen LogP contribution in [0.5, 0.6) is 0 Å². The van der Waals surface area contributed by atoms with Gasteiger partial charge in [-0.3, -0.25) is 0 Å². The van der Waals surface area contributed by atoms with Gasteiger partial charge in [0.25, 0.3) is 0 Å². The topological polar surface area (TPSA) is 9.23 Å². The summed E-state index contributed by atoms with van der Waals surface area (Å²) in [4.78, 5) is 0. The minimum atomic E-state index is 0. The van der Waals surface area contributed by atoms with Crippen molar-refractivity contribution in [3.8, 4) is 0 Å². The molecule has 0 bridgehead atoms. The van der Waals surface area contributed by atoms with Crippen LogP contribution in [0.25, 0.3) is 0 Å². The molecule has 0 heterocycles. The van der Waals surface area contributed by atoms with Crippen LogP contribution in [0, 0.1) is 5.92 Å². The van der Waals surface area contributed by atoms with Crippen LogP contribution in [0.2, 0.25) is 0 Å². The molecule has 0 aromatic heterocycles. The van der Waals surface area contributed by atoms with E-state index in [1.807, 2.05) is 0 Å². The van der Waals surface area contributed by atoms with Gasteiger partial charge in [-0.05, 0) is 36.3 Å². The van der Waals surface area contributed by atoms with Crippen molar-refractivity contribution in [1.29, 1.82) is 0 Å². The minimum Gasteiger partial charge on any atom is -0.385 e. The molecule has 0 spiro atoms. The summed E-state index contributed by atoms with van der Waals surface area (Å²) in [5.41, 5.74) is 3.09. The molecule has 1 heteroatoms. The number of methoxy groups -OCH3 is 1. The van der Waals surface area contributed by atoms with Gasteiger partial charge in [0.2, 0.25) is 0 Å². The van der Waals surface area contributed by atoms with Gasteiger partial charge >= 0.3 is 0 Å². The van der Waals surface area contributed by atoms with Crippen LogP contribution in [-0.4, -0.2) is 13.7 Å². The lowest BCUT2D eigenvalue weighted by molar-refractivity contribution is 0.179. The molecule has 0 saturated heterocycles. The smallest absolute Gasteiger partial charge is 0.0465 e. The molecule has 0 unspecified atom stereocenters. The van der Waals surface area contributed by atoms with Crippen molar-refractivity contribution in [1.82, 2.24) is 0 Å².